The molecule has 0 aliphatic carbocycles. The van der Waals surface area contributed by atoms with Crippen molar-refractivity contribution in [2.45, 2.75) is 51.5 Å². The molecule has 3 aromatic rings. The van der Waals surface area contributed by atoms with E-state index in [1.54, 1.807) is 55.5 Å². The summed E-state index contributed by atoms with van der Waals surface area (Å²) in [5.41, 5.74) is -0.702. The van der Waals surface area contributed by atoms with Crippen LogP contribution in [0, 0.1) is 0 Å². The summed E-state index contributed by atoms with van der Waals surface area (Å²) in [5, 5.41) is 2.63. The van der Waals surface area contributed by atoms with Gasteiger partial charge in [0.15, 0.2) is 0 Å². The van der Waals surface area contributed by atoms with Crippen molar-refractivity contribution in [3.8, 4) is 0 Å². The van der Waals surface area contributed by atoms with Gasteiger partial charge in [-0.2, -0.15) is 13.2 Å². The molecule has 0 bridgehead atoms. The van der Waals surface area contributed by atoms with Crippen molar-refractivity contribution in [3.63, 3.8) is 0 Å². The molecular weight excluding hydrogens is 662 g/mol. The van der Waals surface area contributed by atoms with Crippen molar-refractivity contribution in [1.82, 2.24) is 10.2 Å². The van der Waals surface area contributed by atoms with Gasteiger partial charge in [-0.1, -0.05) is 78.1 Å². The lowest BCUT2D eigenvalue weighted by atomic mass is 10.0. The second-order valence-corrected chi connectivity index (χ2v) is 13.3. The first kappa shape index (κ1) is 35.5. The molecule has 2 amide bonds. The topological polar surface area (TPSA) is 86.8 Å². The van der Waals surface area contributed by atoms with Crippen LogP contribution in [0.1, 0.15) is 37.0 Å². The van der Waals surface area contributed by atoms with Crippen LogP contribution in [-0.2, 0) is 38.8 Å². The van der Waals surface area contributed by atoms with Crippen molar-refractivity contribution in [3.05, 3.63) is 98.5 Å². The van der Waals surface area contributed by atoms with Gasteiger partial charge in [0.05, 0.1) is 22.5 Å². The summed E-state index contributed by atoms with van der Waals surface area (Å²) < 4.78 is 67.2. The van der Waals surface area contributed by atoms with E-state index in [0.717, 1.165) is 23.3 Å². The summed E-state index contributed by atoms with van der Waals surface area (Å²) in [6.07, 6.45) is -3.50. The van der Waals surface area contributed by atoms with Crippen LogP contribution in [0.15, 0.2) is 66.7 Å². The summed E-state index contributed by atoms with van der Waals surface area (Å²) >= 11 is 18.6. The number of carbonyl (C=O) groups is 2. The Hall–Kier alpha value is -2.99. The molecule has 7 nitrogen and oxygen atoms in total. The molecule has 0 heterocycles. The van der Waals surface area contributed by atoms with Crippen LogP contribution in [0.2, 0.25) is 15.1 Å². The van der Waals surface area contributed by atoms with E-state index in [0.29, 0.717) is 27.9 Å². The molecule has 0 fully saturated rings. The predicted octanol–water partition coefficient (Wildman–Crippen LogP) is 6.99. The molecule has 3 aromatic carbocycles. The predicted molar refractivity (Wildman–Crippen MR) is 167 cm³/mol. The highest BCUT2D eigenvalue weighted by atomic mass is 35.5. The van der Waals surface area contributed by atoms with Gasteiger partial charge in [-0.05, 0) is 49.2 Å². The van der Waals surface area contributed by atoms with Crippen molar-refractivity contribution in [2.24, 2.45) is 0 Å². The minimum atomic E-state index is -4.89. The van der Waals surface area contributed by atoms with E-state index in [1.165, 1.54) is 0 Å². The fourth-order valence-corrected chi connectivity index (χ4v) is 5.93. The maximum atomic E-state index is 14.1. The van der Waals surface area contributed by atoms with E-state index in [4.69, 9.17) is 34.8 Å². The number of benzene rings is 3. The molecule has 0 radical (unpaired) electrons. The van der Waals surface area contributed by atoms with Gasteiger partial charge in [0.1, 0.15) is 12.6 Å². The first-order valence-corrected chi connectivity index (χ1v) is 16.4. The molecule has 1 N–H and O–H groups in total. The largest absolute Gasteiger partial charge is 0.417 e. The Labute approximate surface area is 269 Å². The van der Waals surface area contributed by atoms with E-state index >= 15 is 0 Å². The zero-order valence-electron chi connectivity index (χ0n) is 24.0. The first-order chi connectivity index (χ1) is 20.5. The third-order valence-corrected chi connectivity index (χ3v) is 9.06. The molecule has 3 rings (SSSR count). The lowest BCUT2D eigenvalue weighted by molar-refractivity contribution is -0.140. The molecule has 44 heavy (non-hydrogen) atoms. The van der Waals surface area contributed by atoms with Crippen molar-refractivity contribution < 1.29 is 31.2 Å². The number of nitrogens with one attached hydrogen (secondary N) is 1. The van der Waals surface area contributed by atoms with Gasteiger partial charge < -0.3 is 10.2 Å². The molecule has 238 valence electrons. The van der Waals surface area contributed by atoms with E-state index in [1.807, 2.05) is 6.92 Å². The molecule has 14 heteroatoms. The summed E-state index contributed by atoms with van der Waals surface area (Å²) in [4.78, 5) is 29.0. The van der Waals surface area contributed by atoms with Crippen molar-refractivity contribution in [1.29, 1.82) is 0 Å². The molecule has 0 spiro atoms. The normalized spacial score (nSPS) is 13.2. The smallest absolute Gasteiger partial charge is 0.352 e. The summed E-state index contributed by atoms with van der Waals surface area (Å²) in [7, 11) is -4.32. The van der Waals surface area contributed by atoms with E-state index < -0.39 is 56.9 Å². The SMILES string of the molecule is CC[C@H](C)NC(=O)[C@H](Cc1ccccc1)N(Cc1c(Cl)cccc1Cl)C(=O)CN(c1ccc(Cl)c(C(F)(F)F)c1)S(C)(=O)=O. The maximum absolute atomic E-state index is 14.1. The van der Waals surface area contributed by atoms with Gasteiger partial charge in [-0.15, -0.1) is 0 Å². The Kier molecular flexibility index (Phi) is 12.0. The summed E-state index contributed by atoms with van der Waals surface area (Å²) in [5.74, 6) is -1.40. The van der Waals surface area contributed by atoms with Crippen LogP contribution in [0.25, 0.3) is 0 Å². The molecule has 0 aliphatic rings. The number of halogens is 6. The number of rotatable bonds is 12. The van der Waals surface area contributed by atoms with Crippen LogP contribution >= 0.6 is 34.8 Å². The fourth-order valence-electron chi connectivity index (χ4n) is 4.35. The highest BCUT2D eigenvalue weighted by Crippen LogP contribution is 2.37. The standard InChI is InChI=1S/C30H31Cl3F3N3O4S/c1-4-19(2)37-29(41)27(15-20-9-6-5-7-10-20)38(17-22-24(31)11-8-12-25(22)32)28(40)18-39(44(3,42)43)21-13-14-26(33)23(16-21)30(34,35)36/h5-14,16,19,27H,4,15,17-18H2,1-3H3,(H,37,41)/t19-,27-/m0/s1. The molecular formula is C30H31Cl3F3N3O4S. The number of nitrogens with zero attached hydrogens (tertiary/aromatic N) is 2. The number of alkyl halides is 3. The monoisotopic (exact) mass is 691 g/mol. The minimum Gasteiger partial charge on any atom is -0.352 e. The molecule has 0 aromatic heterocycles. The van der Waals surface area contributed by atoms with E-state index in [9.17, 15) is 31.2 Å². The molecule has 0 saturated carbocycles. The summed E-state index contributed by atoms with van der Waals surface area (Å²) in [6.45, 7) is 2.43. The third-order valence-electron chi connectivity index (χ3n) is 6.88. The zero-order chi connectivity index (χ0) is 32.8. The van der Waals surface area contributed by atoms with Crippen LogP contribution in [0.3, 0.4) is 0 Å². The Morgan fingerprint density at radius 1 is 0.932 bits per heavy atom. The van der Waals surface area contributed by atoms with Crippen LogP contribution in [0.4, 0.5) is 18.9 Å². The second kappa shape index (κ2) is 14.9. The number of hydrogen-bond donors (Lipinski definition) is 1. The Balaban J connectivity index is 2.15. The number of hydrogen-bond acceptors (Lipinski definition) is 4. The van der Waals surface area contributed by atoms with Gasteiger partial charge in [0.25, 0.3) is 0 Å². The quantitative estimate of drug-likeness (QED) is 0.222. The Morgan fingerprint density at radius 3 is 2.09 bits per heavy atom. The fraction of sp³-hybridized carbons (Fsp3) is 0.333. The van der Waals surface area contributed by atoms with Crippen molar-refractivity contribution in [2.75, 3.05) is 17.1 Å². The van der Waals surface area contributed by atoms with Gasteiger partial charge in [-0.25, -0.2) is 8.42 Å². The maximum Gasteiger partial charge on any atom is 0.417 e. The third kappa shape index (κ3) is 9.26. The highest BCUT2D eigenvalue weighted by Gasteiger charge is 2.37. The summed E-state index contributed by atoms with van der Waals surface area (Å²) in [6, 6.07) is 14.6. The van der Waals surface area contributed by atoms with E-state index in [-0.39, 0.29) is 29.1 Å². The lowest BCUT2D eigenvalue weighted by Gasteiger charge is -2.34. The van der Waals surface area contributed by atoms with Gasteiger partial charge in [-0.3, -0.25) is 13.9 Å². The average Bonchev–Trinajstić information content (AvgIpc) is 2.94. The first-order valence-electron chi connectivity index (χ1n) is 13.4. The lowest BCUT2D eigenvalue weighted by Crippen LogP contribution is -2.54. The van der Waals surface area contributed by atoms with Gasteiger partial charge >= 0.3 is 6.18 Å². The Bertz CT molecular complexity index is 1570. The Morgan fingerprint density at radius 2 is 1.55 bits per heavy atom. The zero-order valence-corrected chi connectivity index (χ0v) is 27.1. The van der Waals surface area contributed by atoms with Gasteiger partial charge in [0, 0.05) is 34.6 Å². The van der Waals surface area contributed by atoms with Crippen LogP contribution in [0.5, 0.6) is 0 Å². The van der Waals surface area contributed by atoms with Gasteiger partial charge in [0.2, 0.25) is 21.8 Å². The van der Waals surface area contributed by atoms with Crippen LogP contribution < -0.4 is 9.62 Å². The number of anilines is 1. The average molecular weight is 693 g/mol. The number of carbonyl (C=O) groups excluding carboxylic acids is 2. The van der Waals surface area contributed by atoms with Crippen LogP contribution in [-0.4, -0.2) is 50.0 Å². The molecule has 0 saturated heterocycles. The second-order valence-electron chi connectivity index (χ2n) is 10.2. The van der Waals surface area contributed by atoms with E-state index in [2.05, 4.69) is 5.32 Å². The molecule has 0 unspecified atom stereocenters. The molecule has 0 aliphatic heterocycles. The number of amides is 2. The minimum absolute atomic E-state index is 0.0367. The highest BCUT2D eigenvalue weighted by molar-refractivity contribution is 7.92. The van der Waals surface area contributed by atoms with Crippen molar-refractivity contribution >= 4 is 62.3 Å². The molecule has 2 atom stereocenters. The number of sulfonamides is 1.